The molecule has 0 aliphatic carbocycles. The molecule has 1 nitrogen and oxygen atoms in total. The number of benzene rings is 1. The first-order valence-corrected chi connectivity index (χ1v) is 6.11. The third-order valence-corrected chi connectivity index (χ3v) is 2.80. The van der Waals surface area contributed by atoms with Crippen LogP contribution in [0.3, 0.4) is 0 Å². The van der Waals surface area contributed by atoms with Gasteiger partial charge in [0.2, 0.25) is 0 Å². The first-order valence-electron chi connectivity index (χ1n) is 4.21. The maximum Gasteiger partial charge on any atom is 0.0914 e. The lowest BCUT2D eigenvalue weighted by Crippen LogP contribution is -2.04. The van der Waals surface area contributed by atoms with E-state index < -0.39 is 0 Å². The second-order valence-electron chi connectivity index (χ2n) is 2.65. The fourth-order valence-electron chi connectivity index (χ4n) is 1.11. The third-order valence-electron chi connectivity index (χ3n) is 1.75. The Morgan fingerprint density at radius 1 is 1.38 bits per heavy atom. The van der Waals surface area contributed by atoms with Gasteiger partial charge in [-0.25, -0.2) is 0 Å². The van der Waals surface area contributed by atoms with Crippen molar-refractivity contribution in [1.82, 2.24) is 0 Å². The Morgan fingerprint density at radius 3 is 2.46 bits per heavy atom. The molecule has 0 aliphatic heterocycles. The minimum absolute atomic E-state index is 0.197. The molecule has 0 bridgehead atoms. The van der Waals surface area contributed by atoms with Crippen LogP contribution in [0.2, 0.25) is 5.02 Å². The van der Waals surface area contributed by atoms with Gasteiger partial charge in [-0.2, -0.15) is 0 Å². The van der Waals surface area contributed by atoms with Crippen molar-refractivity contribution >= 4 is 34.2 Å². The normalized spacial score (nSPS) is 12.8. The summed E-state index contributed by atoms with van der Waals surface area (Å²) in [6, 6.07) is 7.83. The average molecular weight is 311 g/mol. The predicted octanol–water partition coefficient (Wildman–Crippen LogP) is 3.85. The predicted molar refractivity (Wildman–Crippen MR) is 64.7 cm³/mol. The van der Waals surface area contributed by atoms with Gasteiger partial charge in [-0.05, 0) is 24.6 Å². The summed E-state index contributed by atoms with van der Waals surface area (Å²) < 4.78 is 6.53. The lowest BCUT2D eigenvalue weighted by Gasteiger charge is -2.14. The Balaban J connectivity index is 2.73. The van der Waals surface area contributed by atoms with Crippen LogP contribution < -0.4 is 0 Å². The average Bonchev–Trinajstić information content (AvgIpc) is 2.16. The molecule has 1 unspecified atom stereocenters. The molecule has 0 amide bonds. The van der Waals surface area contributed by atoms with Crippen LogP contribution in [0, 0.1) is 0 Å². The topological polar surface area (TPSA) is 9.23 Å². The molecule has 1 atom stereocenters. The highest BCUT2D eigenvalue weighted by Gasteiger charge is 2.08. The van der Waals surface area contributed by atoms with Crippen LogP contribution >= 0.6 is 34.2 Å². The lowest BCUT2D eigenvalue weighted by atomic mass is 10.1. The quantitative estimate of drug-likeness (QED) is 0.606. The summed E-state index contributed by atoms with van der Waals surface area (Å²) in [5, 5.41) is 0.771. The fraction of sp³-hybridized carbons (Fsp3) is 0.400. The van der Waals surface area contributed by atoms with Crippen molar-refractivity contribution in [2.45, 2.75) is 13.0 Å². The Morgan fingerprint density at radius 2 is 2.00 bits per heavy atom. The second kappa shape index (κ2) is 5.83. The molecule has 0 N–H and O–H groups in total. The summed E-state index contributed by atoms with van der Waals surface area (Å²) >= 11 is 8.12. The van der Waals surface area contributed by atoms with E-state index >= 15 is 0 Å². The van der Waals surface area contributed by atoms with Crippen LogP contribution in [-0.4, -0.2) is 11.0 Å². The number of hydrogen-bond acceptors (Lipinski definition) is 1. The molecule has 0 saturated heterocycles. The zero-order valence-corrected chi connectivity index (χ0v) is 10.4. The van der Waals surface area contributed by atoms with Gasteiger partial charge in [0.05, 0.1) is 6.10 Å². The van der Waals surface area contributed by atoms with E-state index in [4.69, 9.17) is 16.3 Å². The first kappa shape index (κ1) is 11.3. The summed E-state index contributed by atoms with van der Waals surface area (Å²) in [6.45, 7) is 2.76. The zero-order valence-electron chi connectivity index (χ0n) is 7.47. The molecular weight excluding hydrogens is 298 g/mol. The standard InChI is InChI=1S/C10H12ClIO/c1-2-13-10(7-12)8-3-5-9(11)6-4-8/h3-6,10H,2,7H2,1H3. The van der Waals surface area contributed by atoms with Crippen molar-refractivity contribution in [2.75, 3.05) is 11.0 Å². The number of rotatable bonds is 4. The zero-order chi connectivity index (χ0) is 9.68. The summed E-state index contributed by atoms with van der Waals surface area (Å²) in [5.74, 6) is 0. The molecule has 72 valence electrons. The molecule has 1 rings (SSSR count). The number of ether oxygens (including phenoxy) is 1. The summed E-state index contributed by atoms with van der Waals surface area (Å²) in [6.07, 6.45) is 0.197. The van der Waals surface area contributed by atoms with E-state index in [2.05, 4.69) is 22.6 Å². The van der Waals surface area contributed by atoms with Gasteiger partial charge >= 0.3 is 0 Å². The highest BCUT2D eigenvalue weighted by atomic mass is 127. The molecule has 1 aromatic rings. The Kier molecular flexibility index (Phi) is 5.06. The Labute approximate surface area is 97.6 Å². The second-order valence-corrected chi connectivity index (χ2v) is 3.97. The van der Waals surface area contributed by atoms with Crippen molar-refractivity contribution in [3.63, 3.8) is 0 Å². The van der Waals surface area contributed by atoms with Crippen LogP contribution in [0.25, 0.3) is 0 Å². The fourth-order valence-corrected chi connectivity index (χ4v) is 2.00. The van der Waals surface area contributed by atoms with Gasteiger partial charge in [0.1, 0.15) is 0 Å². The van der Waals surface area contributed by atoms with Gasteiger partial charge < -0.3 is 4.74 Å². The van der Waals surface area contributed by atoms with Gasteiger partial charge in [0, 0.05) is 16.1 Å². The number of alkyl halides is 1. The highest BCUT2D eigenvalue weighted by molar-refractivity contribution is 14.1. The van der Waals surface area contributed by atoms with Crippen LogP contribution in [0.15, 0.2) is 24.3 Å². The molecule has 0 spiro atoms. The maximum absolute atomic E-state index is 5.79. The maximum atomic E-state index is 5.79. The molecule has 0 fully saturated rings. The van der Waals surface area contributed by atoms with Crippen LogP contribution in [0.4, 0.5) is 0 Å². The van der Waals surface area contributed by atoms with Gasteiger partial charge in [-0.3, -0.25) is 0 Å². The van der Waals surface area contributed by atoms with Gasteiger partial charge in [0.25, 0.3) is 0 Å². The van der Waals surface area contributed by atoms with Gasteiger partial charge in [-0.15, -0.1) is 0 Å². The van der Waals surface area contributed by atoms with Crippen molar-refractivity contribution in [3.05, 3.63) is 34.9 Å². The highest BCUT2D eigenvalue weighted by Crippen LogP contribution is 2.21. The Hall–Kier alpha value is 0.200. The lowest BCUT2D eigenvalue weighted by molar-refractivity contribution is 0.0819. The van der Waals surface area contributed by atoms with Crippen LogP contribution in [0.5, 0.6) is 0 Å². The molecule has 0 aromatic heterocycles. The van der Waals surface area contributed by atoms with Crippen LogP contribution in [-0.2, 0) is 4.74 Å². The van der Waals surface area contributed by atoms with Crippen molar-refractivity contribution in [3.8, 4) is 0 Å². The SMILES string of the molecule is CCOC(CI)c1ccc(Cl)cc1. The first-order chi connectivity index (χ1) is 6.27. The molecule has 3 heteroatoms. The molecule has 0 heterocycles. The molecule has 0 radical (unpaired) electrons. The van der Waals surface area contributed by atoms with Gasteiger partial charge in [-0.1, -0.05) is 46.3 Å². The molecular formula is C10H12ClIO. The monoisotopic (exact) mass is 310 g/mol. The smallest absolute Gasteiger partial charge is 0.0914 e. The van der Waals surface area contributed by atoms with E-state index in [-0.39, 0.29) is 6.10 Å². The molecule has 0 aliphatic rings. The number of halogens is 2. The van der Waals surface area contributed by atoms with Crippen molar-refractivity contribution in [1.29, 1.82) is 0 Å². The van der Waals surface area contributed by atoms with Crippen molar-refractivity contribution in [2.24, 2.45) is 0 Å². The van der Waals surface area contributed by atoms with E-state index in [9.17, 15) is 0 Å². The molecule has 0 saturated carbocycles. The summed E-state index contributed by atoms with van der Waals surface area (Å²) in [7, 11) is 0. The van der Waals surface area contributed by atoms with E-state index in [1.807, 2.05) is 31.2 Å². The largest absolute Gasteiger partial charge is 0.373 e. The van der Waals surface area contributed by atoms with Crippen LogP contribution in [0.1, 0.15) is 18.6 Å². The van der Waals surface area contributed by atoms with Gasteiger partial charge in [0.15, 0.2) is 0 Å². The molecule has 13 heavy (non-hydrogen) atoms. The summed E-state index contributed by atoms with van der Waals surface area (Å²) in [4.78, 5) is 0. The van der Waals surface area contributed by atoms with E-state index in [0.29, 0.717) is 0 Å². The van der Waals surface area contributed by atoms with Crippen molar-refractivity contribution < 1.29 is 4.74 Å². The van der Waals surface area contributed by atoms with E-state index in [1.165, 1.54) is 5.56 Å². The van der Waals surface area contributed by atoms with E-state index in [1.54, 1.807) is 0 Å². The Bertz CT molecular complexity index is 248. The molecule has 1 aromatic carbocycles. The minimum Gasteiger partial charge on any atom is -0.373 e. The number of hydrogen-bond donors (Lipinski definition) is 0. The minimum atomic E-state index is 0.197. The summed E-state index contributed by atoms with van der Waals surface area (Å²) in [5.41, 5.74) is 1.20. The van der Waals surface area contributed by atoms with E-state index in [0.717, 1.165) is 16.1 Å². The third kappa shape index (κ3) is 3.44.